The normalized spacial score (nSPS) is 19.2. The average Bonchev–Trinajstić information content (AvgIpc) is 2.50. The third kappa shape index (κ3) is 2.53. The van der Waals surface area contributed by atoms with Crippen molar-refractivity contribution in [3.63, 3.8) is 0 Å². The lowest BCUT2D eigenvalue weighted by atomic mass is 9.98. The number of rotatable bonds is 2. The summed E-state index contributed by atoms with van der Waals surface area (Å²) in [6.07, 6.45) is 3.55. The molecule has 0 amide bonds. The Kier molecular flexibility index (Phi) is 3.24. The molecule has 0 spiro atoms. The number of carboxylic acid groups (broad SMARTS) is 1. The van der Waals surface area contributed by atoms with Gasteiger partial charge in [0.15, 0.2) is 0 Å². The van der Waals surface area contributed by atoms with E-state index < -0.39 is 11.8 Å². The van der Waals surface area contributed by atoms with Gasteiger partial charge >= 0.3 is 5.97 Å². The van der Waals surface area contributed by atoms with Crippen molar-refractivity contribution in [2.45, 2.75) is 31.7 Å². The van der Waals surface area contributed by atoms with Crippen LogP contribution < -0.4 is 5.73 Å². The van der Waals surface area contributed by atoms with Gasteiger partial charge in [-0.15, -0.1) is 0 Å². The van der Waals surface area contributed by atoms with Crippen LogP contribution in [0, 0.1) is 0 Å². The van der Waals surface area contributed by atoms with Gasteiger partial charge in [0.1, 0.15) is 0 Å². The molecule has 4 heteroatoms. The molecule has 1 unspecified atom stereocenters. The van der Waals surface area contributed by atoms with E-state index in [2.05, 4.69) is 0 Å². The van der Waals surface area contributed by atoms with Crippen molar-refractivity contribution in [2.24, 2.45) is 5.73 Å². The molecule has 0 aromatic heterocycles. The first kappa shape index (κ1) is 11.8. The quantitative estimate of drug-likeness (QED) is 0.456. The van der Waals surface area contributed by atoms with E-state index in [0.717, 1.165) is 31.2 Å². The summed E-state index contributed by atoms with van der Waals surface area (Å²) in [6, 6.07) is 5.33. The molecule has 0 bridgehead atoms. The lowest BCUT2D eigenvalue weighted by Crippen LogP contribution is -2.19. The lowest BCUT2D eigenvalue weighted by Gasteiger charge is -2.06. The van der Waals surface area contributed by atoms with Crippen molar-refractivity contribution in [3.8, 4) is 0 Å². The van der Waals surface area contributed by atoms with Gasteiger partial charge in [-0.2, -0.15) is 0 Å². The van der Waals surface area contributed by atoms with Crippen molar-refractivity contribution < 1.29 is 14.7 Å². The zero-order valence-electron chi connectivity index (χ0n) is 9.48. The summed E-state index contributed by atoms with van der Waals surface area (Å²) in [4.78, 5) is 22.0. The number of carbonyl (C=O) groups is 2. The minimum absolute atomic E-state index is 0.195. The Morgan fingerprint density at radius 2 is 1.82 bits per heavy atom. The molecule has 3 N–H and O–H groups in total. The highest BCUT2D eigenvalue weighted by atomic mass is 16.4. The molecule has 0 fully saturated rings. The van der Waals surface area contributed by atoms with Gasteiger partial charge in [-0.25, -0.2) is 4.79 Å². The van der Waals surface area contributed by atoms with Crippen LogP contribution in [0.15, 0.2) is 18.2 Å². The molecule has 1 aliphatic carbocycles. The third-order valence-corrected chi connectivity index (χ3v) is 3.23. The summed E-state index contributed by atoms with van der Waals surface area (Å²) in [5.74, 6) is -2.25. The number of benzene rings is 1. The van der Waals surface area contributed by atoms with Crippen LogP contribution in [0.4, 0.5) is 0 Å². The molecular formula is C13H15NO3. The molecule has 1 aromatic rings. The zero-order chi connectivity index (χ0) is 12.4. The van der Waals surface area contributed by atoms with E-state index in [1.165, 1.54) is 5.56 Å². The van der Waals surface area contributed by atoms with E-state index in [4.69, 9.17) is 10.8 Å². The Labute approximate surface area is 99.4 Å². The molecule has 17 heavy (non-hydrogen) atoms. The van der Waals surface area contributed by atoms with Crippen molar-refractivity contribution in [1.29, 1.82) is 0 Å². The van der Waals surface area contributed by atoms with Crippen LogP contribution in [0.25, 0.3) is 0 Å². The van der Waals surface area contributed by atoms with Crippen molar-refractivity contribution in [1.82, 2.24) is 0 Å². The Bertz CT molecular complexity index is 468. The van der Waals surface area contributed by atoms with Crippen LogP contribution in [0.2, 0.25) is 0 Å². The predicted octanol–water partition coefficient (Wildman–Crippen LogP) is 1.16. The average molecular weight is 233 g/mol. The van der Waals surface area contributed by atoms with Gasteiger partial charge in [0, 0.05) is 11.6 Å². The zero-order valence-corrected chi connectivity index (χ0v) is 9.48. The molecule has 1 aliphatic rings. The van der Waals surface area contributed by atoms with Gasteiger partial charge in [0.05, 0.1) is 0 Å². The van der Waals surface area contributed by atoms with Gasteiger partial charge in [0.25, 0.3) is 5.78 Å². The summed E-state index contributed by atoms with van der Waals surface area (Å²) < 4.78 is 0. The minimum Gasteiger partial charge on any atom is -0.475 e. The van der Waals surface area contributed by atoms with E-state index in [0.29, 0.717) is 0 Å². The van der Waals surface area contributed by atoms with Gasteiger partial charge in [-0.05, 0) is 42.9 Å². The number of hydrogen-bond donors (Lipinski definition) is 2. The van der Waals surface area contributed by atoms with E-state index in [1.54, 1.807) is 12.1 Å². The summed E-state index contributed by atoms with van der Waals surface area (Å²) in [7, 11) is 0. The first-order valence-electron chi connectivity index (χ1n) is 5.73. The molecule has 4 nitrogen and oxygen atoms in total. The molecule has 2 rings (SSSR count). The molecule has 0 heterocycles. The topological polar surface area (TPSA) is 80.4 Å². The molecule has 0 saturated carbocycles. The van der Waals surface area contributed by atoms with Crippen molar-refractivity contribution >= 4 is 11.8 Å². The summed E-state index contributed by atoms with van der Waals surface area (Å²) >= 11 is 0. The van der Waals surface area contributed by atoms with E-state index in [9.17, 15) is 9.59 Å². The second-order valence-electron chi connectivity index (χ2n) is 4.46. The van der Waals surface area contributed by atoms with Crippen LogP contribution in [-0.4, -0.2) is 22.9 Å². The second kappa shape index (κ2) is 4.67. The van der Waals surface area contributed by atoms with E-state index in [-0.39, 0.29) is 11.6 Å². The summed E-state index contributed by atoms with van der Waals surface area (Å²) in [5, 5.41) is 8.67. The monoisotopic (exact) mass is 233 g/mol. The SMILES string of the molecule is NC1CCc2ccc(C(=O)C(=O)O)cc2CC1. The van der Waals surface area contributed by atoms with Crippen LogP contribution in [-0.2, 0) is 17.6 Å². The van der Waals surface area contributed by atoms with E-state index >= 15 is 0 Å². The second-order valence-corrected chi connectivity index (χ2v) is 4.46. The number of nitrogens with two attached hydrogens (primary N) is 1. The van der Waals surface area contributed by atoms with Gasteiger partial charge in [-0.3, -0.25) is 4.79 Å². The Balaban J connectivity index is 2.31. The number of fused-ring (bicyclic) bond motifs is 1. The molecule has 0 saturated heterocycles. The van der Waals surface area contributed by atoms with Crippen LogP contribution in [0.1, 0.15) is 34.3 Å². The fourth-order valence-electron chi connectivity index (χ4n) is 2.19. The Morgan fingerprint density at radius 1 is 1.18 bits per heavy atom. The Hall–Kier alpha value is -1.68. The number of ketones is 1. The van der Waals surface area contributed by atoms with Gasteiger partial charge in [0.2, 0.25) is 0 Å². The first-order chi connectivity index (χ1) is 8.08. The largest absolute Gasteiger partial charge is 0.475 e. The van der Waals surface area contributed by atoms with Crippen LogP contribution in [0.5, 0.6) is 0 Å². The maximum Gasteiger partial charge on any atom is 0.377 e. The van der Waals surface area contributed by atoms with Crippen LogP contribution in [0.3, 0.4) is 0 Å². The number of hydrogen-bond acceptors (Lipinski definition) is 3. The highest BCUT2D eigenvalue weighted by molar-refractivity contribution is 6.39. The maximum absolute atomic E-state index is 11.4. The van der Waals surface area contributed by atoms with Crippen molar-refractivity contribution in [2.75, 3.05) is 0 Å². The number of aliphatic carboxylic acids is 1. The Morgan fingerprint density at radius 3 is 2.47 bits per heavy atom. The minimum atomic E-state index is -1.41. The third-order valence-electron chi connectivity index (χ3n) is 3.23. The molecule has 1 atom stereocenters. The number of aryl methyl sites for hydroxylation is 2. The maximum atomic E-state index is 11.4. The fraction of sp³-hybridized carbons (Fsp3) is 0.385. The summed E-state index contributed by atoms with van der Waals surface area (Å²) in [6.45, 7) is 0. The molecule has 90 valence electrons. The smallest absolute Gasteiger partial charge is 0.377 e. The first-order valence-corrected chi connectivity index (χ1v) is 5.73. The predicted molar refractivity (Wildman–Crippen MR) is 63.0 cm³/mol. The van der Waals surface area contributed by atoms with Gasteiger partial charge in [-0.1, -0.05) is 12.1 Å². The van der Waals surface area contributed by atoms with Crippen molar-refractivity contribution in [3.05, 3.63) is 34.9 Å². The summed E-state index contributed by atoms with van der Waals surface area (Å²) in [5.41, 5.74) is 8.40. The highest BCUT2D eigenvalue weighted by Gasteiger charge is 2.18. The fourth-order valence-corrected chi connectivity index (χ4v) is 2.19. The number of carboxylic acids is 1. The standard InChI is InChI=1S/C13H15NO3/c14-11-5-3-8-1-2-10(12(15)13(16)17)7-9(8)4-6-11/h1-2,7,11H,3-6,14H2,(H,16,17). The molecule has 1 aromatic carbocycles. The highest BCUT2D eigenvalue weighted by Crippen LogP contribution is 2.21. The number of carbonyl (C=O) groups excluding carboxylic acids is 1. The van der Waals surface area contributed by atoms with Gasteiger partial charge < -0.3 is 10.8 Å². The van der Waals surface area contributed by atoms with Crippen LogP contribution >= 0.6 is 0 Å². The lowest BCUT2D eigenvalue weighted by molar-refractivity contribution is -0.131. The molecule has 0 aliphatic heterocycles. The number of Topliss-reactive ketones (excluding diaryl/α,β-unsaturated/α-hetero) is 1. The molecule has 0 radical (unpaired) electrons. The molecular weight excluding hydrogens is 218 g/mol. The van der Waals surface area contributed by atoms with E-state index in [1.807, 2.05) is 6.07 Å².